The van der Waals surface area contributed by atoms with Crippen LogP contribution in [0.25, 0.3) is 11.3 Å². The van der Waals surface area contributed by atoms with Crippen LogP contribution in [-0.4, -0.2) is 10.3 Å². The van der Waals surface area contributed by atoms with Gasteiger partial charge in [0.15, 0.2) is 5.76 Å². The fourth-order valence-corrected chi connectivity index (χ4v) is 1.53. The SMILES string of the molecule is Cc1ccc(C)c(-c2cc(CO)on2)c1. The molecule has 0 spiro atoms. The highest BCUT2D eigenvalue weighted by atomic mass is 16.5. The van der Waals surface area contributed by atoms with Gasteiger partial charge < -0.3 is 9.63 Å². The summed E-state index contributed by atoms with van der Waals surface area (Å²) in [7, 11) is 0. The highest BCUT2D eigenvalue weighted by Gasteiger charge is 2.08. The van der Waals surface area contributed by atoms with Crippen LogP contribution >= 0.6 is 0 Å². The van der Waals surface area contributed by atoms with E-state index in [1.54, 1.807) is 6.07 Å². The first-order valence-corrected chi connectivity index (χ1v) is 4.85. The van der Waals surface area contributed by atoms with Crippen molar-refractivity contribution in [2.24, 2.45) is 0 Å². The molecule has 1 heterocycles. The topological polar surface area (TPSA) is 46.3 Å². The van der Waals surface area contributed by atoms with Crippen molar-refractivity contribution < 1.29 is 9.63 Å². The van der Waals surface area contributed by atoms with E-state index < -0.39 is 0 Å². The van der Waals surface area contributed by atoms with Gasteiger partial charge in [-0.05, 0) is 25.5 Å². The Balaban J connectivity index is 2.48. The number of nitrogens with zero attached hydrogens (tertiary/aromatic N) is 1. The van der Waals surface area contributed by atoms with Crippen LogP contribution < -0.4 is 0 Å². The molecule has 1 aromatic carbocycles. The first kappa shape index (κ1) is 9.93. The van der Waals surface area contributed by atoms with Crippen molar-refractivity contribution in [1.82, 2.24) is 5.16 Å². The lowest BCUT2D eigenvalue weighted by Gasteiger charge is -2.02. The lowest BCUT2D eigenvalue weighted by Crippen LogP contribution is -1.84. The van der Waals surface area contributed by atoms with Crippen LogP contribution in [-0.2, 0) is 6.61 Å². The number of rotatable bonds is 2. The third kappa shape index (κ3) is 1.92. The first-order chi connectivity index (χ1) is 7.20. The molecule has 15 heavy (non-hydrogen) atoms. The Hall–Kier alpha value is -1.61. The van der Waals surface area contributed by atoms with Gasteiger partial charge in [0.1, 0.15) is 12.3 Å². The summed E-state index contributed by atoms with van der Waals surface area (Å²) in [5.74, 6) is 0.492. The quantitative estimate of drug-likeness (QED) is 0.815. The largest absolute Gasteiger partial charge is 0.388 e. The number of hydrogen-bond acceptors (Lipinski definition) is 3. The van der Waals surface area contributed by atoms with Crippen LogP contribution in [0.3, 0.4) is 0 Å². The van der Waals surface area contributed by atoms with E-state index in [4.69, 9.17) is 9.63 Å². The lowest BCUT2D eigenvalue weighted by atomic mass is 10.0. The van der Waals surface area contributed by atoms with E-state index in [0.29, 0.717) is 5.76 Å². The molecule has 0 bridgehead atoms. The summed E-state index contributed by atoms with van der Waals surface area (Å²) in [6.45, 7) is 3.95. The van der Waals surface area contributed by atoms with Crippen LogP contribution in [0, 0.1) is 13.8 Å². The Bertz CT molecular complexity index is 474. The average Bonchev–Trinajstić information content (AvgIpc) is 2.70. The van der Waals surface area contributed by atoms with E-state index in [1.807, 2.05) is 13.8 Å². The van der Waals surface area contributed by atoms with Gasteiger partial charge in [0, 0.05) is 11.6 Å². The monoisotopic (exact) mass is 203 g/mol. The standard InChI is InChI=1S/C12H13NO2/c1-8-3-4-9(2)11(5-8)12-6-10(7-14)15-13-12/h3-6,14H,7H2,1-2H3. The fourth-order valence-electron chi connectivity index (χ4n) is 1.53. The summed E-state index contributed by atoms with van der Waals surface area (Å²) < 4.78 is 4.96. The Morgan fingerprint density at radius 2 is 2.07 bits per heavy atom. The molecular formula is C12H13NO2. The molecule has 2 aromatic rings. The molecule has 0 unspecified atom stereocenters. The predicted molar refractivity (Wildman–Crippen MR) is 57.3 cm³/mol. The van der Waals surface area contributed by atoms with Crippen LogP contribution in [0.5, 0.6) is 0 Å². The molecule has 3 heteroatoms. The van der Waals surface area contributed by atoms with E-state index >= 15 is 0 Å². The zero-order chi connectivity index (χ0) is 10.8. The highest BCUT2D eigenvalue weighted by Crippen LogP contribution is 2.24. The summed E-state index contributed by atoms with van der Waals surface area (Å²) in [6.07, 6.45) is 0. The van der Waals surface area contributed by atoms with E-state index in [9.17, 15) is 0 Å². The minimum absolute atomic E-state index is 0.113. The second-order valence-corrected chi connectivity index (χ2v) is 3.65. The summed E-state index contributed by atoms with van der Waals surface area (Å²) in [5, 5.41) is 12.8. The number of aliphatic hydroxyl groups excluding tert-OH is 1. The maximum absolute atomic E-state index is 8.89. The Morgan fingerprint density at radius 1 is 1.27 bits per heavy atom. The van der Waals surface area contributed by atoms with Crippen LogP contribution in [0.2, 0.25) is 0 Å². The van der Waals surface area contributed by atoms with E-state index in [0.717, 1.165) is 16.8 Å². The summed E-state index contributed by atoms with van der Waals surface area (Å²) >= 11 is 0. The van der Waals surface area contributed by atoms with Crippen LogP contribution in [0.4, 0.5) is 0 Å². The molecule has 1 aromatic heterocycles. The van der Waals surface area contributed by atoms with Crippen LogP contribution in [0.15, 0.2) is 28.8 Å². The van der Waals surface area contributed by atoms with Gasteiger partial charge in [-0.1, -0.05) is 22.9 Å². The molecule has 0 aliphatic heterocycles. The zero-order valence-electron chi connectivity index (χ0n) is 8.82. The number of aliphatic hydroxyl groups is 1. The van der Waals surface area contributed by atoms with Gasteiger partial charge in [-0.15, -0.1) is 0 Å². The molecule has 2 rings (SSSR count). The Kier molecular flexibility index (Phi) is 2.56. The summed E-state index contributed by atoms with van der Waals surface area (Å²) in [6, 6.07) is 7.94. The maximum Gasteiger partial charge on any atom is 0.162 e. The molecule has 0 saturated heterocycles. The van der Waals surface area contributed by atoms with Crippen molar-refractivity contribution in [1.29, 1.82) is 0 Å². The maximum atomic E-state index is 8.89. The molecule has 1 N–H and O–H groups in total. The lowest BCUT2D eigenvalue weighted by molar-refractivity contribution is 0.229. The van der Waals surface area contributed by atoms with Crippen molar-refractivity contribution in [3.05, 3.63) is 41.2 Å². The second-order valence-electron chi connectivity index (χ2n) is 3.65. The Labute approximate surface area is 88.3 Å². The number of aromatic nitrogens is 1. The number of aryl methyl sites for hydroxylation is 2. The van der Waals surface area contributed by atoms with Gasteiger partial charge in [-0.25, -0.2) is 0 Å². The first-order valence-electron chi connectivity index (χ1n) is 4.85. The van der Waals surface area contributed by atoms with Crippen molar-refractivity contribution in [2.45, 2.75) is 20.5 Å². The Morgan fingerprint density at radius 3 is 2.73 bits per heavy atom. The van der Waals surface area contributed by atoms with Gasteiger partial charge in [-0.2, -0.15) is 0 Å². The molecule has 0 fully saturated rings. The highest BCUT2D eigenvalue weighted by molar-refractivity contribution is 5.64. The van der Waals surface area contributed by atoms with Crippen molar-refractivity contribution >= 4 is 0 Å². The number of benzene rings is 1. The molecule has 3 nitrogen and oxygen atoms in total. The fraction of sp³-hybridized carbons (Fsp3) is 0.250. The average molecular weight is 203 g/mol. The zero-order valence-corrected chi connectivity index (χ0v) is 8.82. The third-order valence-electron chi connectivity index (χ3n) is 2.38. The van der Waals surface area contributed by atoms with E-state index in [-0.39, 0.29) is 6.61 Å². The summed E-state index contributed by atoms with van der Waals surface area (Å²) in [5.41, 5.74) is 4.17. The predicted octanol–water partition coefficient (Wildman–Crippen LogP) is 2.45. The van der Waals surface area contributed by atoms with Crippen molar-refractivity contribution in [3.63, 3.8) is 0 Å². The summed E-state index contributed by atoms with van der Waals surface area (Å²) in [4.78, 5) is 0. The molecule has 0 amide bonds. The van der Waals surface area contributed by atoms with E-state index in [1.165, 1.54) is 5.56 Å². The third-order valence-corrected chi connectivity index (χ3v) is 2.38. The van der Waals surface area contributed by atoms with Crippen LogP contribution in [0.1, 0.15) is 16.9 Å². The minimum atomic E-state index is -0.113. The van der Waals surface area contributed by atoms with Gasteiger partial charge in [0.2, 0.25) is 0 Å². The van der Waals surface area contributed by atoms with Gasteiger partial charge in [-0.3, -0.25) is 0 Å². The van der Waals surface area contributed by atoms with Gasteiger partial charge in [0.25, 0.3) is 0 Å². The van der Waals surface area contributed by atoms with Crippen molar-refractivity contribution in [2.75, 3.05) is 0 Å². The second kappa shape index (κ2) is 3.87. The van der Waals surface area contributed by atoms with Gasteiger partial charge in [0.05, 0.1) is 0 Å². The van der Waals surface area contributed by atoms with Crippen molar-refractivity contribution in [3.8, 4) is 11.3 Å². The van der Waals surface area contributed by atoms with E-state index in [2.05, 4.69) is 23.4 Å². The molecule has 0 radical (unpaired) electrons. The molecule has 0 atom stereocenters. The molecule has 78 valence electrons. The molecule has 0 saturated carbocycles. The smallest absolute Gasteiger partial charge is 0.162 e. The minimum Gasteiger partial charge on any atom is -0.388 e. The molecule has 0 aliphatic carbocycles. The van der Waals surface area contributed by atoms with Gasteiger partial charge >= 0.3 is 0 Å². The molecular weight excluding hydrogens is 190 g/mol. The molecule has 0 aliphatic rings. The number of hydrogen-bond donors (Lipinski definition) is 1. The normalized spacial score (nSPS) is 10.6.